The number of amides is 1. The quantitative estimate of drug-likeness (QED) is 0.747. The molecule has 0 unspecified atom stereocenters. The molecule has 1 N–H and O–H groups in total. The Hall–Kier alpha value is -2.61. The molecular weight excluding hydrogens is 371 g/mol. The van der Waals surface area contributed by atoms with Gasteiger partial charge in [-0.15, -0.1) is 0 Å². The lowest BCUT2D eigenvalue weighted by molar-refractivity contribution is -0.120. The average molecular weight is 394 g/mol. The van der Waals surface area contributed by atoms with Crippen LogP contribution in [0.5, 0.6) is 5.75 Å². The van der Waals surface area contributed by atoms with E-state index in [1.165, 1.54) is 12.1 Å². The summed E-state index contributed by atoms with van der Waals surface area (Å²) in [5, 5.41) is 2.84. The van der Waals surface area contributed by atoms with Gasteiger partial charge < -0.3 is 10.1 Å². The van der Waals surface area contributed by atoms with Crippen molar-refractivity contribution in [2.45, 2.75) is 19.4 Å². The molecule has 6 nitrogen and oxygen atoms in total. The summed E-state index contributed by atoms with van der Waals surface area (Å²) in [4.78, 5) is 12.5. The fourth-order valence-corrected chi connectivity index (χ4v) is 3.49. The van der Waals surface area contributed by atoms with E-state index in [4.69, 9.17) is 4.74 Å². The van der Waals surface area contributed by atoms with Crippen molar-refractivity contribution in [3.05, 3.63) is 59.9 Å². The van der Waals surface area contributed by atoms with E-state index in [0.29, 0.717) is 12.2 Å². The predicted molar refractivity (Wildman–Crippen MR) is 103 cm³/mol. The Morgan fingerprint density at radius 1 is 1.15 bits per heavy atom. The number of hydrogen-bond acceptors (Lipinski definition) is 4. The van der Waals surface area contributed by atoms with Crippen LogP contribution in [-0.2, 0) is 14.8 Å². The van der Waals surface area contributed by atoms with Crippen LogP contribution in [-0.4, -0.2) is 34.2 Å². The van der Waals surface area contributed by atoms with Gasteiger partial charge in [0.25, 0.3) is 0 Å². The molecule has 146 valence electrons. The highest BCUT2D eigenvalue weighted by atomic mass is 32.2. The number of methoxy groups -OCH3 is 1. The molecule has 1 atom stereocenters. The second-order valence-corrected chi connectivity index (χ2v) is 7.95. The standard InChI is InChI=1S/C19H23FN2O4S/c1-4-18(14-5-11-17(26-2)12-6-14)21-19(23)13-22(27(3,24)25)16-9-7-15(20)8-10-16/h5-12,18H,4,13H2,1-3H3,(H,21,23)/t18-/m1/s1. The third kappa shape index (κ3) is 5.68. The molecule has 0 fully saturated rings. The lowest BCUT2D eigenvalue weighted by Gasteiger charge is -2.24. The number of carbonyl (C=O) groups excluding carboxylic acids is 1. The number of hydrogen-bond donors (Lipinski definition) is 1. The SMILES string of the molecule is CC[C@@H](NC(=O)CN(c1ccc(F)cc1)S(C)(=O)=O)c1ccc(OC)cc1. The Balaban J connectivity index is 2.15. The first-order valence-electron chi connectivity index (χ1n) is 8.41. The van der Waals surface area contributed by atoms with Gasteiger partial charge in [0.05, 0.1) is 25.1 Å². The number of ether oxygens (including phenoxy) is 1. The van der Waals surface area contributed by atoms with Crippen LogP contribution in [0.4, 0.5) is 10.1 Å². The molecule has 0 aliphatic carbocycles. The molecule has 0 saturated carbocycles. The van der Waals surface area contributed by atoms with Gasteiger partial charge in [-0.1, -0.05) is 19.1 Å². The summed E-state index contributed by atoms with van der Waals surface area (Å²) in [7, 11) is -2.14. The Morgan fingerprint density at radius 2 is 1.74 bits per heavy atom. The number of rotatable bonds is 8. The molecule has 0 saturated heterocycles. The summed E-state index contributed by atoms with van der Waals surface area (Å²) in [5.74, 6) is -0.228. The van der Waals surface area contributed by atoms with Crippen molar-refractivity contribution < 1.29 is 22.3 Å². The molecule has 0 spiro atoms. The lowest BCUT2D eigenvalue weighted by atomic mass is 10.0. The number of sulfonamides is 1. The first-order chi connectivity index (χ1) is 12.7. The second kappa shape index (κ2) is 8.85. The van der Waals surface area contributed by atoms with Gasteiger partial charge in [0.2, 0.25) is 15.9 Å². The highest BCUT2D eigenvalue weighted by Gasteiger charge is 2.22. The van der Waals surface area contributed by atoms with Gasteiger partial charge in [-0.2, -0.15) is 0 Å². The fourth-order valence-electron chi connectivity index (χ4n) is 2.64. The fraction of sp³-hybridized carbons (Fsp3) is 0.316. The third-order valence-corrected chi connectivity index (χ3v) is 5.20. The molecule has 0 aliphatic heterocycles. The molecule has 0 aliphatic rings. The van der Waals surface area contributed by atoms with Gasteiger partial charge in [0, 0.05) is 0 Å². The Kier molecular flexibility index (Phi) is 6.79. The van der Waals surface area contributed by atoms with Crippen LogP contribution in [0.2, 0.25) is 0 Å². The van der Waals surface area contributed by atoms with Crippen molar-refractivity contribution >= 4 is 21.6 Å². The van der Waals surface area contributed by atoms with Gasteiger partial charge in [-0.25, -0.2) is 12.8 Å². The maximum atomic E-state index is 13.1. The number of halogens is 1. The molecule has 2 aromatic carbocycles. The molecule has 27 heavy (non-hydrogen) atoms. The van der Waals surface area contributed by atoms with Crippen molar-refractivity contribution in [2.24, 2.45) is 0 Å². The number of anilines is 1. The van der Waals surface area contributed by atoms with Crippen molar-refractivity contribution in [3.8, 4) is 5.75 Å². The van der Waals surface area contributed by atoms with Crippen LogP contribution in [0.25, 0.3) is 0 Å². The minimum Gasteiger partial charge on any atom is -0.497 e. The zero-order valence-electron chi connectivity index (χ0n) is 15.5. The highest BCUT2D eigenvalue weighted by Crippen LogP contribution is 2.21. The molecule has 0 heterocycles. The third-order valence-electron chi connectivity index (χ3n) is 4.06. The zero-order valence-corrected chi connectivity index (χ0v) is 16.3. The van der Waals surface area contributed by atoms with Crippen molar-refractivity contribution in [3.63, 3.8) is 0 Å². The molecule has 0 bridgehead atoms. The number of nitrogens with zero attached hydrogens (tertiary/aromatic N) is 1. The van der Waals surface area contributed by atoms with E-state index in [1.807, 2.05) is 19.1 Å². The van der Waals surface area contributed by atoms with Crippen molar-refractivity contribution in [1.82, 2.24) is 5.32 Å². The predicted octanol–water partition coefficient (Wildman–Crippen LogP) is 2.87. The topological polar surface area (TPSA) is 75.7 Å². The summed E-state index contributed by atoms with van der Waals surface area (Å²) in [5.41, 5.74) is 1.12. The van der Waals surface area contributed by atoms with E-state index >= 15 is 0 Å². The van der Waals surface area contributed by atoms with Crippen LogP contribution in [0.1, 0.15) is 24.9 Å². The lowest BCUT2D eigenvalue weighted by Crippen LogP contribution is -2.41. The molecular formula is C19H23FN2O4S. The maximum absolute atomic E-state index is 13.1. The van der Waals surface area contributed by atoms with E-state index in [9.17, 15) is 17.6 Å². The Morgan fingerprint density at radius 3 is 2.22 bits per heavy atom. The average Bonchev–Trinajstić information content (AvgIpc) is 2.64. The van der Waals surface area contributed by atoms with Crippen LogP contribution in [0.3, 0.4) is 0 Å². The van der Waals surface area contributed by atoms with Crippen molar-refractivity contribution in [2.75, 3.05) is 24.2 Å². The second-order valence-electron chi connectivity index (χ2n) is 6.05. The smallest absolute Gasteiger partial charge is 0.241 e. The van der Waals surface area contributed by atoms with Gasteiger partial charge in [-0.3, -0.25) is 9.10 Å². The molecule has 1 amide bonds. The summed E-state index contributed by atoms with van der Waals surface area (Å²) >= 11 is 0. The monoisotopic (exact) mass is 394 g/mol. The number of nitrogens with one attached hydrogen (secondary N) is 1. The summed E-state index contributed by atoms with van der Waals surface area (Å²) in [6.07, 6.45) is 1.64. The molecule has 2 rings (SSSR count). The Labute approximate surface area is 159 Å². The largest absolute Gasteiger partial charge is 0.497 e. The van der Waals surface area contributed by atoms with Crippen LogP contribution in [0.15, 0.2) is 48.5 Å². The number of carbonyl (C=O) groups is 1. The number of benzene rings is 2. The van der Waals surface area contributed by atoms with Gasteiger partial charge >= 0.3 is 0 Å². The summed E-state index contributed by atoms with van der Waals surface area (Å²) in [6.45, 7) is 1.53. The first kappa shape index (κ1) is 20.7. The molecule has 0 aromatic heterocycles. The minimum atomic E-state index is -3.71. The van der Waals surface area contributed by atoms with E-state index in [0.717, 1.165) is 28.3 Å². The van der Waals surface area contributed by atoms with Crippen LogP contribution in [0, 0.1) is 5.82 Å². The highest BCUT2D eigenvalue weighted by molar-refractivity contribution is 7.92. The first-order valence-corrected chi connectivity index (χ1v) is 10.3. The normalized spacial score (nSPS) is 12.3. The van der Waals surface area contributed by atoms with E-state index < -0.39 is 28.3 Å². The molecule has 2 aromatic rings. The molecule has 8 heteroatoms. The van der Waals surface area contributed by atoms with E-state index in [1.54, 1.807) is 19.2 Å². The minimum absolute atomic E-state index is 0.228. The van der Waals surface area contributed by atoms with Gasteiger partial charge in [0.15, 0.2) is 0 Å². The zero-order chi connectivity index (χ0) is 20.0. The molecule has 0 radical (unpaired) electrons. The summed E-state index contributed by atoms with van der Waals surface area (Å²) in [6, 6.07) is 12.0. The Bertz CT molecular complexity index is 868. The van der Waals surface area contributed by atoms with Crippen molar-refractivity contribution in [1.29, 1.82) is 0 Å². The van der Waals surface area contributed by atoms with Gasteiger partial charge in [-0.05, 0) is 48.4 Å². The van der Waals surface area contributed by atoms with E-state index in [-0.39, 0.29) is 11.7 Å². The van der Waals surface area contributed by atoms with Gasteiger partial charge in [0.1, 0.15) is 18.1 Å². The van der Waals surface area contributed by atoms with Crippen LogP contribution < -0.4 is 14.4 Å². The van der Waals surface area contributed by atoms with E-state index in [2.05, 4.69) is 5.32 Å². The summed E-state index contributed by atoms with van der Waals surface area (Å²) < 4.78 is 43.4. The van der Waals surface area contributed by atoms with Crippen LogP contribution >= 0.6 is 0 Å². The maximum Gasteiger partial charge on any atom is 0.241 e.